The largest absolute Gasteiger partial charge is 0.743 e. The minimum atomic E-state index is -6.20. The number of hydrogen-bond donors (Lipinski definition) is 0. The summed E-state index contributed by atoms with van der Waals surface area (Å²) in [5.41, 5.74) is 0.442. The van der Waals surface area contributed by atoms with Gasteiger partial charge in [-0.2, -0.15) is 8.78 Å². The van der Waals surface area contributed by atoms with Gasteiger partial charge in [0.2, 0.25) is 0 Å². The van der Waals surface area contributed by atoms with Gasteiger partial charge in [-0.05, 0) is 64.6 Å². The second-order valence-corrected chi connectivity index (χ2v) is 9.22. The van der Waals surface area contributed by atoms with Gasteiger partial charge in [0.1, 0.15) is 30.3 Å². The van der Waals surface area contributed by atoms with Crippen molar-refractivity contribution in [3.05, 3.63) is 63.7 Å². The lowest BCUT2D eigenvalue weighted by Crippen LogP contribution is -2.39. The molecule has 0 heterocycles. The topological polar surface area (TPSA) is 102 Å². The third kappa shape index (κ3) is 7.61. The molecule has 33 heavy (non-hydrogen) atoms. The van der Waals surface area contributed by atoms with Crippen molar-refractivity contribution in [3.63, 3.8) is 0 Å². The van der Waals surface area contributed by atoms with Crippen LogP contribution in [0.5, 0.6) is 11.5 Å². The molecular weight excluding hydrogens is 580 g/mol. The van der Waals surface area contributed by atoms with Crippen molar-refractivity contribution in [2.75, 3.05) is 19.8 Å². The number of alkyl halides is 3. The molecule has 0 aliphatic carbocycles. The molecule has 0 aliphatic rings. The number of carbonyl (C=O) groups excluding carboxylic acids is 1. The molecule has 0 bridgehead atoms. The molecule has 1 atom stereocenters. The molecule has 0 fully saturated rings. The summed E-state index contributed by atoms with van der Waals surface area (Å²) in [6, 6.07) is 11.7. The standard InChI is InChI=1S/C21H20F3IO7S/c1-2-14-3-8-18(31-12-11-30-16-6-4-15(25)5-7-16)17(13-14)20(26)32-10-9-19(22)21(23,24)33(27,28)29/h2-8,13,19H,1,9-12H2,(H,27,28,29)/p-1. The number of benzene rings is 2. The lowest BCUT2D eigenvalue weighted by Gasteiger charge is -2.23. The van der Waals surface area contributed by atoms with E-state index in [1.165, 1.54) is 18.2 Å². The summed E-state index contributed by atoms with van der Waals surface area (Å²) in [7, 11) is -6.20. The molecular formula is C21H19F3IO7S-. The predicted octanol–water partition coefficient (Wildman–Crippen LogP) is 4.42. The number of carbonyl (C=O) groups is 1. The first kappa shape index (κ1) is 26.9. The second kappa shape index (κ2) is 11.7. The number of rotatable bonds is 12. The van der Waals surface area contributed by atoms with Gasteiger partial charge in [0.05, 0.1) is 6.61 Å². The quantitative estimate of drug-likeness (QED) is 0.154. The predicted molar refractivity (Wildman–Crippen MR) is 121 cm³/mol. The zero-order valence-corrected chi connectivity index (χ0v) is 20.0. The van der Waals surface area contributed by atoms with Crippen LogP contribution in [0.2, 0.25) is 0 Å². The van der Waals surface area contributed by atoms with Gasteiger partial charge in [0, 0.05) is 9.99 Å². The van der Waals surface area contributed by atoms with Crippen LogP contribution in [0.25, 0.3) is 6.08 Å². The third-order valence-corrected chi connectivity index (χ3v) is 5.83. The maximum atomic E-state index is 13.5. The molecule has 0 saturated carbocycles. The zero-order chi connectivity index (χ0) is 24.6. The second-order valence-electron chi connectivity index (χ2n) is 6.52. The van der Waals surface area contributed by atoms with Gasteiger partial charge >= 0.3 is 11.2 Å². The molecule has 12 heteroatoms. The summed E-state index contributed by atoms with van der Waals surface area (Å²) in [5.74, 6) is -0.299. The summed E-state index contributed by atoms with van der Waals surface area (Å²) in [6.45, 7) is 2.90. The van der Waals surface area contributed by atoms with Crippen LogP contribution in [0, 0.1) is 3.57 Å². The third-order valence-electron chi connectivity index (χ3n) is 4.18. The Kier molecular flexibility index (Phi) is 9.55. The molecule has 0 aliphatic heterocycles. The Bertz CT molecular complexity index is 1080. The Morgan fingerprint density at radius 1 is 1.12 bits per heavy atom. The van der Waals surface area contributed by atoms with Crippen LogP contribution in [0.1, 0.15) is 22.3 Å². The normalized spacial score (nSPS) is 12.6. The van der Waals surface area contributed by atoms with Gasteiger partial charge in [-0.3, -0.25) is 0 Å². The van der Waals surface area contributed by atoms with E-state index in [4.69, 9.17) is 14.2 Å². The molecule has 7 nitrogen and oxygen atoms in total. The highest BCUT2D eigenvalue weighted by molar-refractivity contribution is 14.1. The van der Waals surface area contributed by atoms with E-state index in [1.54, 1.807) is 18.2 Å². The van der Waals surface area contributed by atoms with E-state index in [0.29, 0.717) is 11.3 Å². The van der Waals surface area contributed by atoms with Crippen molar-refractivity contribution in [2.24, 2.45) is 0 Å². The average molecular weight is 599 g/mol. The van der Waals surface area contributed by atoms with Crippen LogP contribution < -0.4 is 9.47 Å². The minimum absolute atomic E-state index is 0.0554. The van der Waals surface area contributed by atoms with Gasteiger partial charge in [-0.25, -0.2) is 17.6 Å². The van der Waals surface area contributed by atoms with Crippen molar-refractivity contribution >= 4 is 44.8 Å². The van der Waals surface area contributed by atoms with Crippen LogP contribution in [-0.2, 0) is 14.9 Å². The van der Waals surface area contributed by atoms with Gasteiger partial charge < -0.3 is 18.8 Å². The first-order valence-corrected chi connectivity index (χ1v) is 11.9. The molecule has 2 aromatic rings. The van der Waals surface area contributed by atoms with E-state index in [1.807, 2.05) is 12.1 Å². The monoisotopic (exact) mass is 599 g/mol. The Hall–Kier alpha value is -2.32. The van der Waals surface area contributed by atoms with E-state index < -0.39 is 40.5 Å². The Balaban J connectivity index is 1.97. The van der Waals surface area contributed by atoms with Crippen LogP contribution >= 0.6 is 22.6 Å². The van der Waals surface area contributed by atoms with E-state index in [9.17, 15) is 30.9 Å². The van der Waals surface area contributed by atoms with E-state index in [2.05, 4.69) is 29.2 Å². The summed E-state index contributed by atoms with van der Waals surface area (Å²) in [5, 5.41) is -5.13. The zero-order valence-electron chi connectivity index (χ0n) is 17.0. The average Bonchev–Trinajstić information content (AvgIpc) is 2.76. The highest BCUT2D eigenvalue weighted by Crippen LogP contribution is 2.29. The molecule has 0 spiro atoms. The highest BCUT2D eigenvalue weighted by Gasteiger charge is 2.47. The minimum Gasteiger partial charge on any atom is -0.743 e. The summed E-state index contributed by atoms with van der Waals surface area (Å²) in [4.78, 5) is 12.4. The van der Waals surface area contributed by atoms with E-state index in [0.717, 1.165) is 3.57 Å². The van der Waals surface area contributed by atoms with Crippen molar-refractivity contribution in [2.45, 2.75) is 17.8 Å². The van der Waals surface area contributed by atoms with Gasteiger partial charge in [0.25, 0.3) is 0 Å². The first-order valence-electron chi connectivity index (χ1n) is 9.38. The molecule has 2 rings (SSSR count). The van der Waals surface area contributed by atoms with Gasteiger partial charge in [-0.15, -0.1) is 0 Å². The molecule has 0 radical (unpaired) electrons. The fourth-order valence-corrected chi connectivity index (χ4v) is 3.25. The fraction of sp³-hybridized carbons (Fsp3) is 0.286. The smallest absolute Gasteiger partial charge is 0.364 e. The van der Waals surface area contributed by atoms with Gasteiger partial charge in [0.15, 0.2) is 16.3 Å². The lowest BCUT2D eigenvalue weighted by atomic mass is 10.1. The van der Waals surface area contributed by atoms with Gasteiger partial charge in [-0.1, -0.05) is 18.7 Å². The Labute approximate surface area is 202 Å². The Morgan fingerprint density at radius 2 is 1.76 bits per heavy atom. The Morgan fingerprint density at radius 3 is 2.36 bits per heavy atom. The fourth-order valence-electron chi connectivity index (χ4n) is 2.46. The maximum absolute atomic E-state index is 13.5. The molecule has 0 saturated heterocycles. The summed E-state index contributed by atoms with van der Waals surface area (Å²) < 4.78 is 88.2. The SMILES string of the molecule is C=Cc1ccc(OCCOc2ccc(I)cc2)c(C(=O)OCCC(F)C(F)(F)S(=O)(=O)[O-])c1. The number of esters is 1. The number of ether oxygens (including phenoxy) is 3. The van der Waals surface area contributed by atoms with Crippen molar-refractivity contribution in [3.8, 4) is 11.5 Å². The molecule has 1 unspecified atom stereocenters. The van der Waals surface area contributed by atoms with E-state index in [-0.39, 0.29) is 24.5 Å². The molecule has 0 aromatic heterocycles. The highest BCUT2D eigenvalue weighted by atomic mass is 127. The molecule has 2 aromatic carbocycles. The van der Waals surface area contributed by atoms with Crippen LogP contribution in [0.3, 0.4) is 0 Å². The van der Waals surface area contributed by atoms with Crippen molar-refractivity contribution < 1.29 is 45.1 Å². The first-order chi connectivity index (χ1) is 15.5. The number of halogens is 4. The van der Waals surface area contributed by atoms with E-state index >= 15 is 0 Å². The van der Waals surface area contributed by atoms with Crippen molar-refractivity contribution in [1.29, 1.82) is 0 Å². The van der Waals surface area contributed by atoms with Crippen LogP contribution in [0.15, 0.2) is 49.0 Å². The molecule has 0 N–H and O–H groups in total. The summed E-state index contributed by atoms with van der Waals surface area (Å²) in [6.07, 6.45) is -3.08. The van der Waals surface area contributed by atoms with Crippen LogP contribution in [-0.4, -0.2) is 50.2 Å². The lowest BCUT2D eigenvalue weighted by molar-refractivity contribution is -0.0170. The number of hydrogen-bond acceptors (Lipinski definition) is 7. The maximum Gasteiger partial charge on any atom is 0.364 e. The van der Waals surface area contributed by atoms with Crippen LogP contribution in [0.4, 0.5) is 13.2 Å². The van der Waals surface area contributed by atoms with Crippen molar-refractivity contribution in [1.82, 2.24) is 0 Å². The molecule has 0 amide bonds. The summed E-state index contributed by atoms with van der Waals surface area (Å²) >= 11 is 2.16. The molecule has 180 valence electrons.